The molecule has 3 heterocycles. The van der Waals surface area contributed by atoms with E-state index in [2.05, 4.69) is 9.98 Å². The smallest absolute Gasteiger partial charge is 0.160 e. The largest absolute Gasteiger partial charge is 0.394 e. The molecule has 7 nitrogen and oxygen atoms in total. The summed E-state index contributed by atoms with van der Waals surface area (Å²) in [6.45, 7) is -0.222. The predicted octanol–water partition coefficient (Wildman–Crippen LogP) is 0.0533. The minimum Gasteiger partial charge on any atom is -0.394 e. The molecule has 0 unspecified atom stereocenters. The maximum Gasteiger partial charge on any atom is 0.160 e. The lowest BCUT2D eigenvalue weighted by Gasteiger charge is -2.15. The average Bonchev–Trinajstić information content (AvgIpc) is 2.93. The number of imidazole rings is 1. The molecule has 3 rings (SSSR count). The van der Waals surface area contributed by atoms with E-state index in [4.69, 9.17) is 9.84 Å². The van der Waals surface area contributed by atoms with Gasteiger partial charge in [0.05, 0.1) is 19.0 Å². The third kappa shape index (κ3) is 2.18. The molecular weight excluding hydrogens is 250 g/mol. The number of aliphatic imine (C=N–C) groups is 1. The van der Waals surface area contributed by atoms with Gasteiger partial charge < -0.3 is 20.1 Å². The molecule has 7 heteroatoms. The molecule has 0 spiro atoms. The van der Waals surface area contributed by atoms with Gasteiger partial charge in [-0.1, -0.05) is 0 Å². The van der Waals surface area contributed by atoms with Gasteiger partial charge in [-0.05, 0) is 12.8 Å². The Morgan fingerprint density at radius 3 is 3.00 bits per heavy atom. The standard InChI is InChI=1S/C12H17N3O4/c16-5-9-8(18)4-10(19-9)15-6-14-11-7(17)2-1-3-13-12(11)15/h3,6-10,16-18H,1-2,4-5H2/t7-,8+,9-,10-/m1/s1. The molecule has 1 saturated heterocycles. The number of hydrogen-bond donors (Lipinski definition) is 3. The molecule has 1 aromatic heterocycles. The number of nitrogens with zero attached hydrogens (tertiary/aromatic N) is 3. The zero-order valence-electron chi connectivity index (χ0n) is 10.4. The van der Waals surface area contributed by atoms with Crippen LogP contribution in [-0.4, -0.2) is 49.9 Å². The first kappa shape index (κ1) is 12.7. The van der Waals surface area contributed by atoms with Gasteiger partial charge >= 0.3 is 0 Å². The van der Waals surface area contributed by atoms with Crippen LogP contribution in [0.4, 0.5) is 5.82 Å². The lowest BCUT2D eigenvalue weighted by molar-refractivity contribution is -0.0438. The molecule has 0 saturated carbocycles. The average molecular weight is 267 g/mol. The minimum atomic E-state index is -0.701. The van der Waals surface area contributed by atoms with Crippen LogP contribution >= 0.6 is 0 Å². The van der Waals surface area contributed by atoms with Gasteiger partial charge in [0, 0.05) is 12.6 Å². The van der Waals surface area contributed by atoms with Crippen molar-refractivity contribution >= 4 is 12.0 Å². The molecule has 0 aromatic carbocycles. The highest BCUT2D eigenvalue weighted by molar-refractivity contribution is 5.64. The van der Waals surface area contributed by atoms with E-state index in [-0.39, 0.29) is 6.61 Å². The summed E-state index contributed by atoms with van der Waals surface area (Å²) in [6, 6.07) is 0. The summed E-state index contributed by atoms with van der Waals surface area (Å²) < 4.78 is 7.28. The molecular formula is C12H17N3O4. The molecule has 0 amide bonds. The van der Waals surface area contributed by atoms with Crippen LogP contribution in [0.3, 0.4) is 0 Å². The Hall–Kier alpha value is -1.28. The quantitative estimate of drug-likeness (QED) is 0.703. The second-order valence-electron chi connectivity index (χ2n) is 4.88. The second kappa shape index (κ2) is 5.01. The maximum atomic E-state index is 9.96. The third-order valence-electron chi connectivity index (χ3n) is 3.59. The van der Waals surface area contributed by atoms with Crippen LogP contribution < -0.4 is 0 Å². The van der Waals surface area contributed by atoms with E-state index >= 15 is 0 Å². The summed E-state index contributed by atoms with van der Waals surface area (Å²) in [5.41, 5.74) is 0.541. The van der Waals surface area contributed by atoms with Crippen molar-refractivity contribution in [1.29, 1.82) is 0 Å². The Morgan fingerprint density at radius 2 is 2.26 bits per heavy atom. The van der Waals surface area contributed by atoms with E-state index in [0.717, 1.165) is 0 Å². The third-order valence-corrected chi connectivity index (χ3v) is 3.59. The van der Waals surface area contributed by atoms with Crippen molar-refractivity contribution in [2.75, 3.05) is 6.61 Å². The van der Waals surface area contributed by atoms with Crippen LogP contribution in [-0.2, 0) is 4.74 Å². The van der Waals surface area contributed by atoms with Crippen LogP contribution in [0.15, 0.2) is 11.3 Å². The molecule has 0 radical (unpaired) electrons. The number of aliphatic hydroxyl groups excluding tert-OH is 3. The second-order valence-corrected chi connectivity index (χ2v) is 4.88. The molecule has 0 bridgehead atoms. The number of aromatic nitrogens is 2. The number of fused-ring (bicyclic) bond motifs is 1. The zero-order chi connectivity index (χ0) is 13.4. The highest BCUT2D eigenvalue weighted by Crippen LogP contribution is 2.36. The molecule has 3 N–H and O–H groups in total. The summed E-state index contributed by atoms with van der Waals surface area (Å²) in [5.74, 6) is 0.570. The molecule has 19 heavy (non-hydrogen) atoms. The first-order valence-electron chi connectivity index (χ1n) is 6.42. The molecule has 1 fully saturated rings. The molecule has 2 aliphatic heterocycles. The van der Waals surface area contributed by atoms with Gasteiger partial charge in [0.2, 0.25) is 0 Å². The van der Waals surface area contributed by atoms with Crippen molar-refractivity contribution in [3.8, 4) is 0 Å². The highest BCUT2D eigenvalue weighted by atomic mass is 16.5. The maximum absolute atomic E-state index is 9.96. The van der Waals surface area contributed by atoms with Crippen LogP contribution in [0.25, 0.3) is 0 Å². The summed E-state index contributed by atoms with van der Waals surface area (Å²) >= 11 is 0. The normalized spacial score (nSPS) is 34.3. The Morgan fingerprint density at radius 1 is 1.42 bits per heavy atom. The number of rotatable bonds is 2. The van der Waals surface area contributed by atoms with Crippen molar-refractivity contribution in [2.45, 2.75) is 43.8 Å². The minimum absolute atomic E-state index is 0.222. The van der Waals surface area contributed by atoms with E-state index in [0.29, 0.717) is 30.8 Å². The van der Waals surface area contributed by atoms with Gasteiger partial charge in [-0.2, -0.15) is 0 Å². The van der Waals surface area contributed by atoms with Gasteiger partial charge in [0.15, 0.2) is 5.82 Å². The fraction of sp³-hybridized carbons (Fsp3) is 0.667. The van der Waals surface area contributed by atoms with Gasteiger partial charge in [-0.15, -0.1) is 0 Å². The Balaban J connectivity index is 1.90. The van der Waals surface area contributed by atoms with Crippen molar-refractivity contribution in [3.63, 3.8) is 0 Å². The lowest BCUT2D eigenvalue weighted by Crippen LogP contribution is -2.24. The first-order valence-corrected chi connectivity index (χ1v) is 6.42. The van der Waals surface area contributed by atoms with Crippen LogP contribution in [0.1, 0.15) is 37.3 Å². The van der Waals surface area contributed by atoms with Crippen LogP contribution in [0, 0.1) is 0 Å². The summed E-state index contributed by atoms with van der Waals surface area (Å²) in [4.78, 5) is 8.50. The Kier molecular flexibility index (Phi) is 3.36. The van der Waals surface area contributed by atoms with Gasteiger partial charge in [-0.25, -0.2) is 9.98 Å². The topological polar surface area (TPSA) is 100 Å². The van der Waals surface area contributed by atoms with Crippen molar-refractivity contribution in [3.05, 3.63) is 12.0 Å². The summed E-state index contributed by atoms with van der Waals surface area (Å²) in [7, 11) is 0. The summed E-state index contributed by atoms with van der Waals surface area (Å²) in [6.07, 6.45) is 2.67. The highest BCUT2D eigenvalue weighted by Gasteiger charge is 2.36. The number of hydrogen-bond acceptors (Lipinski definition) is 6. The number of aliphatic hydroxyl groups is 3. The molecule has 104 valence electrons. The van der Waals surface area contributed by atoms with Crippen LogP contribution in [0.5, 0.6) is 0 Å². The van der Waals surface area contributed by atoms with Gasteiger partial charge in [0.25, 0.3) is 0 Å². The van der Waals surface area contributed by atoms with E-state index in [1.165, 1.54) is 0 Å². The first-order chi connectivity index (χ1) is 9.20. The van der Waals surface area contributed by atoms with Crippen molar-refractivity contribution < 1.29 is 20.1 Å². The molecule has 1 aromatic rings. The zero-order valence-corrected chi connectivity index (χ0v) is 10.4. The van der Waals surface area contributed by atoms with E-state index in [1.807, 2.05) is 0 Å². The molecule has 2 aliphatic rings. The predicted molar refractivity (Wildman–Crippen MR) is 66.2 cm³/mol. The fourth-order valence-electron chi connectivity index (χ4n) is 2.52. The van der Waals surface area contributed by atoms with Crippen LogP contribution in [0.2, 0.25) is 0 Å². The van der Waals surface area contributed by atoms with Gasteiger partial charge in [0.1, 0.15) is 24.1 Å². The lowest BCUT2D eigenvalue weighted by atomic mass is 10.1. The molecule has 4 atom stereocenters. The molecule has 0 aliphatic carbocycles. The van der Waals surface area contributed by atoms with Gasteiger partial charge in [-0.3, -0.25) is 4.57 Å². The van der Waals surface area contributed by atoms with Crippen molar-refractivity contribution in [2.24, 2.45) is 4.99 Å². The summed E-state index contributed by atoms with van der Waals surface area (Å²) in [5, 5.41) is 28.8. The monoisotopic (exact) mass is 267 g/mol. The van der Waals surface area contributed by atoms with E-state index < -0.39 is 24.5 Å². The number of ether oxygens (including phenoxy) is 1. The SMILES string of the molecule is OC[C@H]1O[C@@H](n2cnc3c2N=CCC[C@H]3O)C[C@@H]1O. The Bertz CT molecular complexity index is 487. The van der Waals surface area contributed by atoms with E-state index in [9.17, 15) is 10.2 Å². The Labute approximate surface area is 110 Å². The fourth-order valence-corrected chi connectivity index (χ4v) is 2.52. The van der Waals surface area contributed by atoms with Crippen molar-refractivity contribution in [1.82, 2.24) is 9.55 Å². The van der Waals surface area contributed by atoms with E-state index in [1.54, 1.807) is 17.1 Å².